The molecule has 0 atom stereocenters. The maximum absolute atomic E-state index is 12.4. The molecule has 0 saturated carbocycles. The molecule has 0 fully saturated rings. The molecule has 0 spiro atoms. The zero-order valence-electron chi connectivity index (χ0n) is 14.7. The van der Waals surface area contributed by atoms with E-state index in [0.29, 0.717) is 30.9 Å². The third-order valence-electron chi connectivity index (χ3n) is 4.00. The van der Waals surface area contributed by atoms with Crippen LogP contribution in [0.5, 0.6) is 5.75 Å². The van der Waals surface area contributed by atoms with Crippen LogP contribution >= 0.6 is 0 Å². The summed E-state index contributed by atoms with van der Waals surface area (Å²) in [6.45, 7) is 1.64. The van der Waals surface area contributed by atoms with Crippen LogP contribution in [0.25, 0.3) is 5.52 Å². The van der Waals surface area contributed by atoms with Gasteiger partial charge in [0.05, 0.1) is 30.4 Å². The maximum Gasteiger partial charge on any atom is 0.255 e. The third-order valence-corrected chi connectivity index (χ3v) is 4.00. The van der Waals surface area contributed by atoms with Crippen LogP contribution in [0.1, 0.15) is 22.5 Å². The van der Waals surface area contributed by atoms with Crippen molar-refractivity contribution in [2.24, 2.45) is 5.73 Å². The van der Waals surface area contributed by atoms with Crippen molar-refractivity contribution in [2.45, 2.75) is 13.0 Å². The van der Waals surface area contributed by atoms with Gasteiger partial charge in [-0.05, 0) is 49.4 Å². The highest BCUT2D eigenvalue weighted by Crippen LogP contribution is 2.23. The van der Waals surface area contributed by atoms with Crippen LogP contribution in [0.3, 0.4) is 0 Å². The van der Waals surface area contributed by atoms with E-state index in [9.17, 15) is 4.79 Å². The summed E-state index contributed by atoms with van der Waals surface area (Å²) in [7, 11) is 1.55. The SMILES string of the molecule is COc1ccc(NCc2cc3ccccn3n2)cc1C(=O)NCCCN. The number of aromatic nitrogens is 2. The number of carbonyl (C=O) groups is 1. The van der Waals surface area contributed by atoms with Gasteiger partial charge in [-0.1, -0.05) is 6.07 Å². The van der Waals surface area contributed by atoms with Crippen molar-refractivity contribution in [3.8, 4) is 5.75 Å². The van der Waals surface area contributed by atoms with Gasteiger partial charge in [0, 0.05) is 18.4 Å². The van der Waals surface area contributed by atoms with Crippen LogP contribution in [0.4, 0.5) is 5.69 Å². The predicted octanol–water partition coefficient (Wildman–Crippen LogP) is 2.03. The van der Waals surface area contributed by atoms with E-state index in [-0.39, 0.29) is 5.91 Å². The molecule has 1 amide bonds. The highest BCUT2D eigenvalue weighted by Gasteiger charge is 2.13. The van der Waals surface area contributed by atoms with Crippen LogP contribution in [-0.4, -0.2) is 35.7 Å². The van der Waals surface area contributed by atoms with Crippen molar-refractivity contribution in [1.29, 1.82) is 0 Å². The number of hydrogen-bond donors (Lipinski definition) is 3. The van der Waals surface area contributed by atoms with Gasteiger partial charge in [-0.3, -0.25) is 4.79 Å². The molecule has 0 radical (unpaired) electrons. The monoisotopic (exact) mass is 353 g/mol. The lowest BCUT2D eigenvalue weighted by atomic mass is 10.1. The number of hydrogen-bond acceptors (Lipinski definition) is 5. The molecule has 7 heteroatoms. The summed E-state index contributed by atoms with van der Waals surface area (Å²) in [4.78, 5) is 12.4. The molecular weight excluding hydrogens is 330 g/mol. The molecule has 136 valence electrons. The molecule has 0 saturated heterocycles. The van der Waals surface area contributed by atoms with Crippen molar-refractivity contribution < 1.29 is 9.53 Å². The third kappa shape index (κ3) is 4.12. The van der Waals surface area contributed by atoms with E-state index in [1.807, 2.05) is 41.0 Å². The first-order valence-corrected chi connectivity index (χ1v) is 8.54. The van der Waals surface area contributed by atoms with Gasteiger partial charge in [0.1, 0.15) is 5.75 Å². The van der Waals surface area contributed by atoms with E-state index in [2.05, 4.69) is 15.7 Å². The molecule has 0 bridgehead atoms. The Labute approximate surface area is 152 Å². The Morgan fingerprint density at radius 3 is 2.92 bits per heavy atom. The fraction of sp³-hybridized carbons (Fsp3) is 0.263. The highest BCUT2D eigenvalue weighted by atomic mass is 16.5. The Morgan fingerprint density at radius 1 is 1.27 bits per heavy atom. The zero-order chi connectivity index (χ0) is 18.4. The summed E-state index contributed by atoms with van der Waals surface area (Å²) in [6.07, 6.45) is 2.65. The minimum Gasteiger partial charge on any atom is -0.496 e. The zero-order valence-corrected chi connectivity index (χ0v) is 14.7. The molecule has 2 aromatic heterocycles. The maximum atomic E-state index is 12.4. The quantitative estimate of drug-likeness (QED) is 0.539. The Kier molecular flexibility index (Phi) is 5.70. The van der Waals surface area contributed by atoms with Crippen LogP contribution in [0.2, 0.25) is 0 Å². The van der Waals surface area contributed by atoms with Gasteiger partial charge in [0.25, 0.3) is 5.91 Å². The number of benzene rings is 1. The molecule has 1 aromatic carbocycles. The van der Waals surface area contributed by atoms with Crippen LogP contribution in [0, 0.1) is 0 Å². The second-order valence-corrected chi connectivity index (χ2v) is 5.87. The van der Waals surface area contributed by atoms with Crippen LogP contribution in [-0.2, 0) is 6.54 Å². The molecule has 26 heavy (non-hydrogen) atoms. The standard InChI is InChI=1S/C19H23N5O2/c1-26-18-7-6-14(12-17(18)19(25)21-9-4-8-20)22-13-15-11-16-5-2-3-10-24(16)23-15/h2-3,5-7,10-12,22H,4,8-9,13,20H2,1H3,(H,21,25). The first-order chi connectivity index (χ1) is 12.7. The summed E-state index contributed by atoms with van der Waals surface area (Å²) >= 11 is 0. The Balaban J connectivity index is 1.71. The molecule has 0 unspecified atom stereocenters. The van der Waals surface area contributed by atoms with Gasteiger partial charge in [-0.25, -0.2) is 4.52 Å². The number of anilines is 1. The van der Waals surface area contributed by atoms with Gasteiger partial charge in [0.2, 0.25) is 0 Å². The Bertz CT molecular complexity index is 858. The molecule has 0 aliphatic heterocycles. The van der Waals surface area contributed by atoms with Crippen molar-refractivity contribution in [3.05, 3.63) is 59.9 Å². The van der Waals surface area contributed by atoms with E-state index in [1.165, 1.54) is 0 Å². The summed E-state index contributed by atoms with van der Waals surface area (Å²) in [5, 5.41) is 10.7. The number of nitrogens with zero attached hydrogens (tertiary/aromatic N) is 2. The molecule has 2 heterocycles. The van der Waals surface area contributed by atoms with E-state index >= 15 is 0 Å². The van der Waals surface area contributed by atoms with Gasteiger partial charge in [0.15, 0.2) is 0 Å². The Hall–Kier alpha value is -3.06. The van der Waals surface area contributed by atoms with Crippen molar-refractivity contribution >= 4 is 17.1 Å². The van der Waals surface area contributed by atoms with Gasteiger partial charge >= 0.3 is 0 Å². The van der Waals surface area contributed by atoms with Crippen molar-refractivity contribution in [2.75, 3.05) is 25.5 Å². The van der Waals surface area contributed by atoms with E-state index in [0.717, 1.165) is 23.3 Å². The number of fused-ring (bicyclic) bond motifs is 1. The average Bonchev–Trinajstić information content (AvgIpc) is 3.09. The lowest BCUT2D eigenvalue weighted by Gasteiger charge is -2.12. The average molecular weight is 353 g/mol. The second-order valence-electron chi connectivity index (χ2n) is 5.87. The van der Waals surface area contributed by atoms with Gasteiger partial charge in [-0.2, -0.15) is 5.10 Å². The molecule has 4 N–H and O–H groups in total. The molecule has 3 aromatic rings. The Morgan fingerprint density at radius 2 is 2.15 bits per heavy atom. The lowest BCUT2D eigenvalue weighted by molar-refractivity contribution is 0.0950. The topological polar surface area (TPSA) is 93.7 Å². The number of pyridine rings is 1. The molecular formula is C19H23N5O2. The van der Waals surface area contributed by atoms with Crippen LogP contribution in [0.15, 0.2) is 48.7 Å². The number of carbonyl (C=O) groups excluding carboxylic acids is 1. The first kappa shape index (κ1) is 17.8. The molecule has 0 aliphatic carbocycles. The summed E-state index contributed by atoms with van der Waals surface area (Å²) < 4.78 is 7.14. The molecule has 7 nitrogen and oxygen atoms in total. The number of methoxy groups -OCH3 is 1. The van der Waals surface area contributed by atoms with Crippen molar-refractivity contribution in [3.63, 3.8) is 0 Å². The fourth-order valence-electron chi connectivity index (χ4n) is 2.66. The largest absolute Gasteiger partial charge is 0.496 e. The summed E-state index contributed by atoms with van der Waals surface area (Å²) in [6, 6.07) is 13.4. The number of amides is 1. The fourth-order valence-corrected chi connectivity index (χ4v) is 2.66. The minimum atomic E-state index is -0.174. The second kappa shape index (κ2) is 8.35. The van der Waals surface area contributed by atoms with Gasteiger partial charge < -0.3 is 21.1 Å². The number of nitrogens with one attached hydrogen (secondary N) is 2. The summed E-state index contributed by atoms with van der Waals surface area (Å²) in [5.74, 6) is 0.361. The smallest absolute Gasteiger partial charge is 0.255 e. The molecule has 3 rings (SSSR count). The molecule has 0 aliphatic rings. The minimum absolute atomic E-state index is 0.174. The van der Waals surface area contributed by atoms with Crippen LogP contribution < -0.4 is 21.1 Å². The van der Waals surface area contributed by atoms with E-state index in [4.69, 9.17) is 10.5 Å². The van der Waals surface area contributed by atoms with E-state index in [1.54, 1.807) is 19.2 Å². The predicted molar refractivity (Wildman–Crippen MR) is 102 cm³/mol. The van der Waals surface area contributed by atoms with Gasteiger partial charge in [-0.15, -0.1) is 0 Å². The van der Waals surface area contributed by atoms with E-state index < -0.39 is 0 Å². The number of rotatable bonds is 8. The lowest BCUT2D eigenvalue weighted by Crippen LogP contribution is -2.26. The highest BCUT2D eigenvalue weighted by molar-refractivity contribution is 5.97. The first-order valence-electron chi connectivity index (χ1n) is 8.54. The van der Waals surface area contributed by atoms with Crippen molar-refractivity contribution in [1.82, 2.24) is 14.9 Å². The number of ether oxygens (including phenoxy) is 1. The normalized spacial score (nSPS) is 10.7. The number of nitrogens with two attached hydrogens (primary N) is 1. The summed E-state index contributed by atoms with van der Waals surface area (Å²) in [5.41, 5.74) is 8.74.